The molecule has 1 fully saturated rings. The van der Waals surface area contributed by atoms with Crippen LogP contribution in [0.4, 0.5) is 5.69 Å². The lowest BCUT2D eigenvalue weighted by Crippen LogP contribution is -2.31. The smallest absolute Gasteiger partial charge is 0.338 e. The highest BCUT2D eigenvalue weighted by Crippen LogP contribution is 2.36. The Morgan fingerprint density at radius 1 is 0.851 bits per heavy atom. The van der Waals surface area contributed by atoms with E-state index in [-0.39, 0.29) is 29.0 Å². The Bertz CT molecular complexity index is 2040. The molecule has 2 amide bonds. The van der Waals surface area contributed by atoms with Gasteiger partial charge < -0.3 is 4.74 Å². The fourth-order valence-corrected chi connectivity index (χ4v) is 6.39. The third kappa shape index (κ3) is 6.84. The molecule has 0 radical (unpaired) electrons. The highest BCUT2D eigenvalue weighted by molar-refractivity contribution is 8.00. The van der Waals surface area contributed by atoms with Gasteiger partial charge >= 0.3 is 5.97 Å². The number of ether oxygens (including phenoxy) is 1. The molecule has 230 valence electrons. The van der Waals surface area contributed by atoms with E-state index in [0.29, 0.717) is 26.9 Å². The van der Waals surface area contributed by atoms with Gasteiger partial charge in [0.05, 0.1) is 27.8 Å². The largest absolute Gasteiger partial charge is 0.454 e. The average molecular weight is 658 g/mol. The summed E-state index contributed by atoms with van der Waals surface area (Å²) in [6.07, 6.45) is -0.0927. The zero-order chi connectivity index (χ0) is 32.9. The summed E-state index contributed by atoms with van der Waals surface area (Å²) in [5, 5.41) is 9.66. The SMILES string of the molecule is N#Cc1ccc(-c2ccccc2Cl)nc1SC1CC(=O)N(c2ccc(C(=O)OCC(=O)c3ccc(-c4ccccc4)cc3)cc2)C1=O. The third-order valence-corrected chi connectivity index (χ3v) is 9.02. The zero-order valence-electron chi connectivity index (χ0n) is 24.6. The number of aromatic nitrogens is 1. The number of imide groups is 1. The molecule has 47 heavy (non-hydrogen) atoms. The van der Waals surface area contributed by atoms with Gasteiger partial charge in [0.25, 0.3) is 0 Å². The Labute approximate surface area is 279 Å². The summed E-state index contributed by atoms with van der Waals surface area (Å²) in [6, 6.07) is 35.2. The number of ketones is 1. The van der Waals surface area contributed by atoms with E-state index < -0.39 is 29.6 Å². The first-order valence-corrected chi connectivity index (χ1v) is 15.7. The minimum Gasteiger partial charge on any atom is -0.454 e. The summed E-state index contributed by atoms with van der Waals surface area (Å²) in [5.74, 6) is -1.95. The number of anilines is 1. The van der Waals surface area contributed by atoms with E-state index in [1.165, 1.54) is 24.3 Å². The lowest BCUT2D eigenvalue weighted by atomic mass is 10.0. The minimum absolute atomic E-state index is 0.0927. The number of hydrogen-bond donors (Lipinski definition) is 0. The molecule has 5 aromatic rings. The van der Waals surface area contributed by atoms with Gasteiger partial charge in [-0.1, -0.05) is 96.2 Å². The molecule has 0 aliphatic carbocycles. The van der Waals surface area contributed by atoms with Crippen molar-refractivity contribution in [2.45, 2.75) is 16.7 Å². The fraction of sp³-hybridized carbons (Fsp3) is 0.0811. The van der Waals surface area contributed by atoms with Crippen LogP contribution in [0.25, 0.3) is 22.4 Å². The highest BCUT2D eigenvalue weighted by atomic mass is 35.5. The first kappa shape index (κ1) is 31.4. The molecule has 10 heteroatoms. The average Bonchev–Trinajstić information content (AvgIpc) is 3.39. The van der Waals surface area contributed by atoms with Gasteiger partial charge in [-0.3, -0.25) is 14.4 Å². The van der Waals surface area contributed by atoms with Gasteiger partial charge in [-0.2, -0.15) is 5.26 Å². The number of benzene rings is 4. The molecule has 8 nitrogen and oxygen atoms in total. The number of nitriles is 1. The second-order valence-corrected chi connectivity index (χ2v) is 12.1. The van der Waals surface area contributed by atoms with Gasteiger partial charge in [0.2, 0.25) is 11.8 Å². The Morgan fingerprint density at radius 3 is 2.21 bits per heavy atom. The third-order valence-electron chi connectivity index (χ3n) is 7.50. The van der Waals surface area contributed by atoms with E-state index in [1.807, 2.05) is 48.5 Å². The number of amides is 2. The van der Waals surface area contributed by atoms with Crippen molar-refractivity contribution in [3.63, 3.8) is 0 Å². The summed E-state index contributed by atoms with van der Waals surface area (Å²) >= 11 is 7.38. The van der Waals surface area contributed by atoms with Crippen molar-refractivity contribution in [2.24, 2.45) is 0 Å². The molecule has 4 aromatic carbocycles. The number of hydrogen-bond acceptors (Lipinski definition) is 8. The van der Waals surface area contributed by atoms with Gasteiger partial charge in [-0.05, 0) is 53.6 Å². The topological polar surface area (TPSA) is 117 Å². The summed E-state index contributed by atoms with van der Waals surface area (Å²) in [5.41, 5.74) is 4.34. The van der Waals surface area contributed by atoms with Gasteiger partial charge in [0.1, 0.15) is 11.1 Å². The van der Waals surface area contributed by atoms with Crippen LogP contribution in [-0.4, -0.2) is 40.4 Å². The monoisotopic (exact) mass is 657 g/mol. The molecule has 1 aliphatic heterocycles. The quantitative estimate of drug-likeness (QED) is 0.0914. The maximum absolute atomic E-state index is 13.4. The Kier molecular flexibility index (Phi) is 9.25. The summed E-state index contributed by atoms with van der Waals surface area (Å²) in [4.78, 5) is 57.3. The van der Waals surface area contributed by atoms with E-state index in [2.05, 4.69) is 11.1 Å². The van der Waals surface area contributed by atoms with Gasteiger partial charge in [-0.15, -0.1) is 0 Å². The van der Waals surface area contributed by atoms with E-state index in [9.17, 15) is 24.4 Å². The van der Waals surface area contributed by atoms with Crippen LogP contribution >= 0.6 is 23.4 Å². The Morgan fingerprint density at radius 2 is 1.51 bits per heavy atom. The maximum Gasteiger partial charge on any atom is 0.338 e. The van der Waals surface area contributed by atoms with Crippen LogP contribution in [0.15, 0.2) is 120 Å². The molecular weight excluding hydrogens is 634 g/mol. The second kappa shape index (κ2) is 13.8. The number of thioether (sulfide) groups is 1. The van der Waals surface area contributed by atoms with Crippen LogP contribution in [-0.2, 0) is 14.3 Å². The number of rotatable bonds is 9. The molecule has 6 rings (SSSR count). The predicted octanol–water partition coefficient (Wildman–Crippen LogP) is 7.40. The van der Waals surface area contributed by atoms with Crippen molar-refractivity contribution in [3.05, 3.63) is 137 Å². The molecule has 0 spiro atoms. The molecule has 1 atom stereocenters. The zero-order valence-corrected chi connectivity index (χ0v) is 26.2. The minimum atomic E-state index is -0.805. The first-order chi connectivity index (χ1) is 22.8. The maximum atomic E-state index is 13.4. The normalized spacial score (nSPS) is 14.1. The number of nitrogens with zero attached hydrogens (tertiary/aromatic N) is 3. The predicted molar refractivity (Wildman–Crippen MR) is 179 cm³/mol. The van der Waals surface area contributed by atoms with Gasteiger partial charge in [-0.25, -0.2) is 14.7 Å². The lowest BCUT2D eigenvalue weighted by molar-refractivity contribution is -0.121. The molecule has 0 N–H and O–H groups in total. The van der Waals surface area contributed by atoms with E-state index in [0.717, 1.165) is 27.8 Å². The summed E-state index contributed by atoms with van der Waals surface area (Å²) in [6.45, 7) is -0.441. The Hall–Kier alpha value is -5.56. The fourth-order valence-electron chi connectivity index (χ4n) is 5.06. The molecule has 1 aromatic heterocycles. The van der Waals surface area contributed by atoms with E-state index in [1.54, 1.807) is 42.5 Å². The van der Waals surface area contributed by atoms with Crippen LogP contribution in [0.2, 0.25) is 5.02 Å². The number of halogens is 1. The molecule has 1 unspecified atom stereocenters. The first-order valence-electron chi connectivity index (χ1n) is 14.5. The molecule has 0 saturated carbocycles. The van der Waals surface area contributed by atoms with Crippen molar-refractivity contribution >= 4 is 52.6 Å². The number of Topliss-reactive ketones (excluding diaryl/α,β-unsaturated/α-hetero) is 1. The van der Waals surface area contributed by atoms with Crippen molar-refractivity contribution in [3.8, 4) is 28.5 Å². The van der Waals surface area contributed by atoms with Crippen molar-refractivity contribution in [2.75, 3.05) is 11.5 Å². The molecular formula is C37H24ClN3O5S. The number of carbonyl (C=O) groups is 4. The summed E-state index contributed by atoms with van der Waals surface area (Å²) in [7, 11) is 0. The van der Waals surface area contributed by atoms with Crippen LogP contribution in [0, 0.1) is 11.3 Å². The van der Waals surface area contributed by atoms with Crippen molar-refractivity contribution in [1.82, 2.24) is 4.98 Å². The molecule has 0 bridgehead atoms. The van der Waals surface area contributed by atoms with Crippen LogP contribution in [0.3, 0.4) is 0 Å². The van der Waals surface area contributed by atoms with Crippen LogP contribution in [0.5, 0.6) is 0 Å². The molecule has 1 aliphatic rings. The van der Waals surface area contributed by atoms with Crippen LogP contribution in [0.1, 0.15) is 32.7 Å². The molecule has 2 heterocycles. The number of pyridine rings is 1. The number of carbonyl (C=O) groups excluding carboxylic acids is 4. The van der Waals surface area contributed by atoms with Crippen molar-refractivity contribution < 1.29 is 23.9 Å². The van der Waals surface area contributed by atoms with E-state index >= 15 is 0 Å². The van der Waals surface area contributed by atoms with Crippen molar-refractivity contribution in [1.29, 1.82) is 5.26 Å². The van der Waals surface area contributed by atoms with Gasteiger partial charge in [0.15, 0.2) is 12.4 Å². The lowest BCUT2D eigenvalue weighted by Gasteiger charge is -2.15. The second-order valence-electron chi connectivity index (χ2n) is 10.5. The van der Waals surface area contributed by atoms with Crippen LogP contribution < -0.4 is 4.90 Å². The standard InChI is InChI=1S/C37H24ClN3O5S/c38-30-9-5-4-8-29(30)31-19-16-27(21-39)35(40-31)47-33-20-34(43)41(36(33)44)28-17-14-26(15-18-28)37(45)46-22-32(42)25-12-10-24(11-13-25)23-6-2-1-3-7-23/h1-19,33H,20,22H2. The Balaban J connectivity index is 1.09. The highest BCUT2D eigenvalue weighted by Gasteiger charge is 2.41. The summed E-state index contributed by atoms with van der Waals surface area (Å²) < 4.78 is 5.24. The molecule has 1 saturated heterocycles. The van der Waals surface area contributed by atoms with E-state index in [4.69, 9.17) is 16.3 Å². The number of esters is 1. The van der Waals surface area contributed by atoms with Gasteiger partial charge in [0, 0.05) is 22.6 Å².